The van der Waals surface area contributed by atoms with Crippen LogP contribution in [-0.2, 0) is 4.74 Å². The third-order valence-electron chi connectivity index (χ3n) is 2.34. The topological polar surface area (TPSA) is 81.3 Å². The van der Waals surface area contributed by atoms with Gasteiger partial charge in [0.05, 0.1) is 11.5 Å². The lowest BCUT2D eigenvalue weighted by Gasteiger charge is -2.15. The van der Waals surface area contributed by atoms with E-state index < -0.39 is 5.97 Å². The molecule has 19 heavy (non-hydrogen) atoms. The highest BCUT2D eigenvalue weighted by atomic mass is 32.1. The maximum Gasteiger partial charge on any atom is 0.343 e. The zero-order valence-corrected chi connectivity index (χ0v) is 11.5. The summed E-state index contributed by atoms with van der Waals surface area (Å²) in [7, 11) is 1.61. The summed E-state index contributed by atoms with van der Waals surface area (Å²) in [5.41, 5.74) is 0.257. The minimum absolute atomic E-state index is 0.257. The maximum atomic E-state index is 11.8. The number of carbonyl (C=O) groups is 1. The zero-order chi connectivity index (χ0) is 13.8. The van der Waals surface area contributed by atoms with Crippen LogP contribution in [0.4, 0.5) is 5.82 Å². The molecule has 0 saturated carbocycles. The predicted octanol–water partition coefficient (Wildman–Crippen LogP) is 1.69. The average molecular weight is 278 g/mol. The van der Waals surface area contributed by atoms with Crippen LogP contribution in [0.5, 0.6) is 0 Å². The second-order valence-electron chi connectivity index (χ2n) is 3.74. The Morgan fingerprint density at radius 1 is 1.58 bits per heavy atom. The zero-order valence-electron chi connectivity index (χ0n) is 10.7. The molecule has 0 aliphatic heterocycles. The van der Waals surface area contributed by atoms with Crippen molar-refractivity contribution in [3.8, 4) is 10.7 Å². The average Bonchev–Trinajstić information content (AvgIpc) is 2.92. The molecule has 0 aliphatic carbocycles. The van der Waals surface area contributed by atoms with Gasteiger partial charge in [-0.1, -0.05) is 6.07 Å². The van der Waals surface area contributed by atoms with Crippen molar-refractivity contribution < 1.29 is 9.53 Å². The summed E-state index contributed by atoms with van der Waals surface area (Å²) in [5.74, 6) is 6.11. The first-order valence-electron chi connectivity index (χ1n) is 5.70. The number of carbonyl (C=O) groups excluding carboxylic acids is 1. The van der Waals surface area contributed by atoms with Crippen LogP contribution in [0.25, 0.3) is 10.7 Å². The molecule has 2 heterocycles. The molecule has 0 fully saturated rings. The van der Waals surface area contributed by atoms with Gasteiger partial charge in [0, 0.05) is 13.2 Å². The van der Waals surface area contributed by atoms with Gasteiger partial charge in [-0.15, -0.1) is 11.3 Å². The Morgan fingerprint density at radius 2 is 2.37 bits per heavy atom. The van der Waals surface area contributed by atoms with Crippen LogP contribution in [-0.4, -0.2) is 29.6 Å². The summed E-state index contributed by atoms with van der Waals surface area (Å²) in [6, 6.07) is 3.82. The first-order valence-corrected chi connectivity index (χ1v) is 6.58. The molecular formula is C12H14N4O2S. The normalized spacial score (nSPS) is 10.3. The van der Waals surface area contributed by atoms with Crippen molar-refractivity contribution in [2.24, 2.45) is 5.84 Å². The molecule has 0 radical (unpaired) electrons. The summed E-state index contributed by atoms with van der Waals surface area (Å²) in [4.78, 5) is 21.2. The molecule has 0 aromatic carbocycles. The standard InChI is InChI=1S/C12H14N4O2S/c1-3-18-12(17)8-7-14-10(9-5-4-6-19-9)15-11(8)16(2)13/h4-7H,3,13H2,1-2H3. The highest BCUT2D eigenvalue weighted by molar-refractivity contribution is 7.13. The molecule has 0 amide bonds. The monoisotopic (exact) mass is 278 g/mol. The quantitative estimate of drug-likeness (QED) is 0.520. The number of esters is 1. The maximum absolute atomic E-state index is 11.8. The number of nitrogens with zero attached hydrogens (tertiary/aromatic N) is 3. The molecule has 0 bridgehead atoms. The van der Waals surface area contributed by atoms with Gasteiger partial charge in [0.15, 0.2) is 11.6 Å². The van der Waals surface area contributed by atoms with E-state index >= 15 is 0 Å². The van der Waals surface area contributed by atoms with Gasteiger partial charge in [-0.2, -0.15) is 0 Å². The molecule has 2 aromatic heterocycles. The van der Waals surface area contributed by atoms with E-state index in [0.717, 1.165) is 4.88 Å². The highest BCUT2D eigenvalue weighted by Crippen LogP contribution is 2.24. The van der Waals surface area contributed by atoms with Gasteiger partial charge in [0.1, 0.15) is 5.56 Å². The van der Waals surface area contributed by atoms with E-state index in [4.69, 9.17) is 10.6 Å². The molecule has 2 rings (SSSR count). The van der Waals surface area contributed by atoms with Crippen LogP contribution < -0.4 is 10.9 Å². The minimum atomic E-state index is -0.479. The van der Waals surface area contributed by atoms with Gasteiger partial charge in [-0.3, -0.25) is 5.01 Å². The number of anilines is 1. The SMILES string of the molecule is CCOC(=O)c1cnc(-c2cccs2)nc1N(C)N. The van der Waals surface area contributed by atoms with E-state index in [1.807, 2.05) is 17.5 Å². The number of hydrogen-bond donors (Lipinski definition) is 1. The Bertz CT molecular complexity index is 569. The van der Waals surface area contributed by atoms with Crippen molar-refractivity contribution >= 4 is 23.1 Å². The van der Waals surface area contributed by atoms with Crippen molar-refractivity contribution in [1.82, 2.24) is 9.97 Å². The second kappa shape index (κ2) is 5.77. The molecule has 0 aliphatic rings. The van der Waals surface area contributed by atoms with Crippen LogP contribution in [0.1, 0.15) is 17.3 Å². The van der Waals surface area contributed by atoms with Gasteiger partial charge < -0.3 is 4.74 Å². The van der Waals surface area contributed by atoms with Crippen molar-refractivity contribution in [2.45, 2.75) is 6.92 Å². The summed E-state index contributed by atoms with van der Waals surface area (Å²) in [6.07, 6.45) is 1.44. The summed E-state index contributed by atoms with van der Waals surface area (Å²) >= 11 is 1.52. The molecule has 2 N–H and O–H groups in total. The molecule has 7 heteroatoms. The Labute approximate surface area is 114 Å². The molecule has 100 valence electrons. The van der Waals surface area contributed by atoms with E-state index in [9.17, 15) is 4.79 Å². The van der Waals surface area contributed by atoms with Crippen LogP contribution in [0.3, 0.4) is 0 Å². The number of hydrogen-bond acceptors (Lipinski definition) is 7. The van der Waals surface area contributed by atoms with Crippen LogP contribution in [0.15, 0.2) is 23.7 Å². The smallest absolute Gasteiger partial charge is 0.343 e. The Balaban J connectivity index is 2.44. The number of ether oxygens (including phenoxy) is 1. The van der Waals surface area contributed by atoms with E-state index in [-0.39, 0.29) is 5.56 Å². The van der Waals surface area contributed by atoms with Gasteiger partial charge >= 0.3 is 5.97 Å². The van der Waals surface area contributed by atoms with E-state index in [0.29, 0.717) is 18.2 Å². The van der Waals surface area contributed by atoms with Crippen LogP contribution in [0.2, 0.25) is 0 Å². The highest BCUT2D eigenvalue weighted by Gasteiger charge is 2.18. The predicted molar refractivity (Wildman–Crippen MR) is 73.9 cm³/mol. The van der Waals surface area contributed by atoms with Crippen LogP contribution in [0, 0.1) is 0 Å². The molecule has 0 atom stereocenters. The fourth-order valence-corrected chi connectivity index (χ4v) is 2.18. The lowest BCUT2D eigenvalue weighted by Crippen LogP contribution is -2.29. The third kappa shape index (κ3) is 2.88. The number of hydrazine groups is 1. The fraction of sp³-hybridized carbons (Fsp3) is 0.250. The molecule has 2 aromatic rings. The van der Waals surface area contributed by atoms with Crippen molar-refractivity contribution in [2.75, 3.05) is 18.7 Å². The van der Waals surface area contributed by atoms with Crippen LogP contribution >= 0.6 is 11.3 Å². The molecular weight excluding hydrogens is 264 g/mol. The largest absolute Gasteiger partial charge is 0.462 e. The number of aromatic nitrogens is 2. The van der Waals surface area contributed by atoms with E-state index in [1.54, 1.807) is 14.0 Å². The number of rotatable bonds is 4. The number of nitrogens with two attached hydrogens (primary N) is 1. The molecule has 6 nitrogen and oxygen atoms in total. The first kappa shape index (κ1) is 13.4. The first-order chi connectivity index (χ1) is 9.13. The lowest BCUT2D eigenvalue weighted by molar-refractivity contribution is 0.0526. The van der Waals surface area contributed by atoms with Gasteiger partial charge in [-0.25, -0.2) is 20.6 Å². The van der Waals surface area contributed by atoms with Gasteiger partial charge in [-0.05, 0) is 18.4 Å². The molecule has 0 saturated heterocycles. The second-order valence-corrected chi connectivity index (χ2v) is 4.69. The Kier molecular flexibility index (Phi) is 4.08. The van der Waals surface area contributed by atoms with E-state index in [1.165, 1.54) is 22.5 Å². The summed E-state index contributed by atoms with van der Waals surface area (Å²) in [5, 5.41) is 3.22. The fourth-order valence-electron chi connectivity index (χ4n) is 1.52. The van der Waals surface area contributed by atoms with Crippen molar-refractivity contribution in [3.63, 3.8) is 0 Å². The lowest BCUT2D eigenvalue weighted by atomic mass is 10.3. The van der Waals surface area contributed by atoms with Gasteiger partial charge in [0.2, 0.25) is 0 Å². The van der Waals surface area contributed by atoms with Crippen molar-refractivity contribution in [3.05, 3.63) is 29.3 Å². The summed E-state index contributed by atoms with van der Waals surface area (Å²) < 4.78 is 4.95. The Morgan fingerprint density at radius 3 is 2.95 bits per heavy atom. The molecule has 0 spiro atoms. The third-order valence-corrected chi connectivity index (χ3v) is 3.21. The summed E-state index contributed by atoms with van der Waals surface area (Å²) in [6.45, 7) is 2.03. The van der Waals surface area contributed by atoms with E-state index in [2.05, 4.69) is 9.97 Å². The number of thiophene rings is 1. The molecule has 0 unspecified atom stereocenters. The van der Waals surface area contributed by atoms with Crippen molar-refractivity contribution in [1.29, 1.82) is 0 Å². The Hall–Kier alpha value is -1.99. The minimum Gasteiger partial charge on any atom is -0.462 e. The van der Waals surface area contributed by atoms with Gasteiger partial charge in [0.25, 0.3) is 0 Å².